The Morgan fingerprint density at radius 2 is 2.07 bits per heavy atom. The first kappa shape index (κ1) is 18.3. The summed E-state index contributed by atoms with van der Waals surface area (Å²) < 4.78 is 28.9. The molecule has 27 heavy (non-hydrogen) atoms. The van der Waals surface area contributed by atoms with Crippen LogP contribution in [0.5, 0.6) is 11.6 Å². The van der Waals surface area contributed by atoms with Gasteiger partial charge in [0, 0.05) is 17.8 Å². The lowest BCUT2D eigenvalue weighted by molar-refractivity contribution is -0.123. The third-order valence-electron chi connectivity index (χ3n) is 3.39. The Bertz CT molecular complexity index is 898. The number of rotatable bonds is 8. The third-order valence-corrected chi connectivity index (χ3v) is 3.39. The van der Waals surface area contributed by atoms with Crippen LogP contribution in [-0.2, 0) is 11.3 Å². The van der Waals surface area contributed by atoms with Gasteiger partial charge in [-0.2, -0.15) is 4.98 Å². The monoisotopic (exact) mass is 372 g/mol. The Morgan fingerprint density at radius 1 is 1.22 bits per heavy atom. The van der Waals surface area contributed by atoms with E-state index in [4.69, 9.17) is 14.0 Å². The number of halogens is 1. The van der Waals surface area contributed by atoms with E-state index in [-0.39, 0.29) is 24.8 Å². The maximum atomic E-state index is 13.4. The van der Waals surface area contributed by atoms with Gasteiger partial charge < -0.3 is 19.3 Å². The van der Waals surface area contributed by atoms with Gasteiger partial charge in [0.25, 0.3) is 5.91 Å². The first-order valence-electron chi connectivity index (χ1n) is 8.21. The van der Waals surface area contributed by atoms with Crippen molar-refractivity contribution >= 4 is 5.91 Å². The van der Waals surface area contributed by atoms with Crippen LogP contribution >= 0.6 is 0 Å². The molecule has 0 spiro atoms. The number of hydrogen-bond acceptors (Lipinski definition) is 7. The summed E-state index contributed by atoms with van der Waals surface area (Å²) in [6.07, 6.45) is 1.57. The molecule has 0 bridgehead atoms. The van der Waals surface area contributed by atoms with Gasteiger partial charge in [-0.1, -0.05) is 17.3 Å². The van der Waals surface area contributed by atoms with Crippen molar-refractivity contribution in [2.24, 2.45) is 0 Å². The Morgan fingerprint density at radius 3 is 2.81 bits per heavy atom. The number of aromatic nitrogens is 3. The molecule has 8 nitrogen and oxygen atoms in total. The van der Waals surface area contributed by atoms with Gasteiger partial charge in [0.1, 0.15) is 0 Å². The van der Waals surface area contributed by atoms with Crippen molar-refractivity contribution in [3.63, 3.8) is 0 Å². The summed E-state index contributed by atoms with van der Waals surface area (Å²) in [5.74, 6) is 0.106. The zero-order chi connectivity index (χ0) is 19.1. The lowest BCUT2D eigenvalue weighted by atomic mass is 10.3. The average molecular weight is 372 g/mol. The largest absolute Gasteiger partial charge is 0.481 e. The van der Waals surface area contributed by atoms with E-state index in [1.165, 1.54) is 18.2 Å². The Labute approximate surface area is 154 Å². The van der Waals surface area contributed by atoms with Crippen molar-refractivity contribution in [2.45, 2.75) is 13.5 Å². The van der Waals surface area contributed by atoms with Crippen LogP contribution in [0.2, 0.25) is 0 Å². The third kappa shape index (κ3) is 5.00. The fourth-order valence-corrected chi connectivity index (χ4v) is 2.12. The molecule has 0 unspecified atom stereocenters. The maximum absolute atomic E-state index is 13.4. The van der Waals surface area contributed by atoms with E-state index in [0.29, 0.717) is 23.9 Å². The highest BCUT2D eigenvalue weighted by molar-refractivity contribution is 5.77. The summed E-state index contributed by atoms with van der Waals surface area (Å²) in [6, 6.07) is 9.31. The summed E-state index contributed by atoms with van der Waals surface area (Å²) in [5.41, 5.74) is 0.655. The molecule has 0 atom stereocenters. The summed E-state index contributed by atoms with van der Waals surface area (Å²) in [6.45, 7) is 2.09. The van der Waals surface area contributed by atoms with E-state index in [1.54, 1.807) is 24.4 Å². The SMILES string of the molecule is CCOc1ccc(-c2noc(CNC(=O)COc3ccccc3F)n2)cn1. The highest BCUT2D eigenvalue weighted by Crippen LogP contribution is 2.17. The van der Waals surface area contributed by atoms with Gasteiger partial charge in [-0.25, -0.2) is 9.37 Å². The van der Waals surface area contributed by atoms with E-state index in [1.807, 2.05) is 6.92 Å². The molecule has 9 heteroatoms. The topological polar surface area (TPSA) is 99.4 Å². The molecular weight excluding hydrogens is 355 g/mol. The van der Waals surface area contributed by atoms with Crippen LogP contribution in [0.25, 0.3) is 11.4 Å². The van der Waals surface area contributed by atoms with Gasteiger partial charge in [-0.15, -0.1) is 0 Å². The highest BCUT2D eigenvalue weighted by atomic mass is 19.1. The lowest BCUT2D eigenvalue weighted by Gasteiger charge is -2.06. The minimum absolute atomic E-state index is 0.00993. The number of carbonyl (C=O) groups excluding carboxylic acids is 1. The second-order valence-corrected chi connectivity index (χ2v) is 5.33. The van der Waals surface area contributed by atoms with Gasteiger partial charge in [0.2, 0.25) is 17.6 Å². The molecule has 1 aromatic carbocycles. The number of nitrogens with zero attached hydrogens (tertiary/aromatic N) is 3. The van der Waals surface area contributed by atoms with E-state index >= 15 is 0 Å². The minimum Gasteiger partial charge on any atom is -0.481 e. The number of para-hydroxylation sites is 1. The van der Waals surface area contributed by atoms with Crippen LogP contribution in [0.15, 0.2) is 47.1 Å². The zero-order valence-electron chi connectivity index (χ0n) is 14.5. The number of nitrogens with one attached hydrogen (secondary N) is 1. The van der Waals surface area contributed by atoms with Crippen LogP contribution in [-0.4, -0.2) is 34.2 Å². The highest BCUT2D eigenvalue weighted by Gasteiger charge is 2.11. The molecular formula is C18H17FN4O4. The summed E-state index contributed by atoms with van der Waals surface area (Å²) >= 11 is 0. The molecule has 1 amide bonds. The van der Waals surface area contributed by atoms with Gasteiger partial charge in [-0.3, -0.25) is 4.79 Å². The molecule has 2 heterocycles. The lowest BCUT2D eigenvalue weighted by Crippen LogP contribution is -2.28. The maximum Gasteiger partial charge on any atom is 0.258 e. The number of benzene rings is 1. The number of amides is 1. The predicted octanol–water partition coefficient (Wildman–Crippen LogP) is 2.36. The van der Waals surface area contributed by atoms with Gasteiger partial charge >= 0.3 is 0 Å². The van der Waals surface area contributed by atoms with Crippen molar-refractivity contribution in [1.82, 2.24) is 20.4 Å². The van der Waals surface area contributed by atoms with Crippen LogP contribution in [0.1, 0.15) is 12.8 Å². The molecule has 0 saturated carbocycles. The second-order valence-electron chi connectivity index (χ2n) is 5.33. The molecule has 2 aromatic heterocycles. The van der Waals surface area contributed by atoms with E-state index < -0.39 is 11.7 Å². The zero-order valence-corrected chi connectivity index (χ0v) is 14.5. The molecule has 140 valence electrons. The van der Waals surface area contributed by atoms with Gasteiger partial charge in [0.15, 0.2) is 18.2 Å². The van der Waals surface area contributed by atoms with E-state index in [9.17, 15) is 9.18 Å². The quantitative estimate of drug-likeness (QED) is 0.648. The second kappa shape index (κ2) is 8.75. The van der Waals surface area contributed by atoms with Crippen molar-refractivity contribution in [2.75, 3.05) is 13.2 Å². The molecule has 3 rings (SSSR count). The van der Waals surface area contributed by atoms with E-state index in [0.717, 1.165) is 0 Å². The Kier molecular flexibility index (Phi) is 5.93. The summed E-state index contributed by atoms with van der Waals surface area (Å²) in [4.78, 5) is 20.1. The van der Waals surface area contributed by atoms with Crippen molar-refractivity contribution < 1.29 is 23.2 Å². The van der Waals surface area contributed by atoms with Gasteiger partial charge in [-0.05, 0) is 25.1 Å². The molecule has 0 fully saturated rings. The number of hydrogen-bond donors (Lipinski definition) is 1. The van der Waals surface area contributed by atoms with Crippen LogP contribution < -0.4 is 14.8 Å². The van der Waals surface area contributed by atoms with Gasteiger partial charge in [0.05, 0.1) is 13.2 Å². The van der Waals surface area contributed by atoms with Crippen LogP contribution in [0, 0.1) is 5.82 Å². The standard InChI is InChI=1S/C18H17FN4O4/c1-2-25-16-8-7-12(9-21-16)18-22-17(27-23-18)10-20-15(24)11-26-14-6-4-3-5-13(14)19/h3-9H,2,10-11H2,1H3,(H,20,24). The van der Waals surface area contributed by atoms with Crippen molar-refractivity contribution in [1.29, 1.82) is 0 Å². The first-order valence-corrected chi connectivity index (χ1v) is 8.21. The molecule has 0 radical (unpaired) electrons. The van der Waals surface area contributed by atoms with Crippen LogP contribution in [0.3, 0.4) is 0 Å². The minimum atomic E-state index is -0.532. The fourth-order valence-electron chi connectivity index (χ4n) is 2.12. The smallest absolute Gasteiger partial charge is 0.258 e. The Hall–Kier alpha value is -3.49. The molecule has 0 aliphatic rings. The summed E-state index contributed by atoms with van der Waals surface area (Å²) in [7, 11) is 0. The van der Waals surface area contributed by atoms with Crippen molar-refractivity contribution in [3.05, 3.63) is 54.3 Å². The van der Waals surface area contributed by atoms with Crippen LogP contribution in [0.4, 0.5) is 4.39 Å². The predicted molar refractivity (Wildman–Crippen MR) is 92.4 cm³/mol. The van der Waals surface area contributed by atoms with E-state index in [2.05, 4.69) is 20.4 Å². The number of ether oxygens (including phenoxy) is 2. The molecule has 0 saturated heterocycles. The fraction of sp³-hybridized carbons (Fsp3) is 0.222. The number of carbonyl (C=O) groups is 1. The first-order chi connectivity index (χ1) is 13.2. The molecule has 3 aromatic rings. The van der Waals surface area contributed by atoms with Crippen molar-refractivity contribution in [3.8, 4) is 23.0 Å². The molecule has 0 aliphatic heterocycles. The average Bonchev–Trinajstić information content (AvgIpc) is 3.16. The number of pyridine rings is 1. The Balaban J connectivity index is 1.50. The summed E-state index contributed by atoms with van der Waals surface area (Å²) in [5, 5.41) is 6.41. The molecule has 0 aliphatic carbocycles. The molecule has 1 N–H and O–H groups in total. The normalized spacial score (nSPS) is 10.4.